The summed E-state index contributed by atoms with van der Waals surface area (Å²) in [6.07, 6.45) is 0.0965. The quantitative estimate of drug-likeness (QED) is 0.188. The molecule has 3 N–H and O–H groups in total. The van der Waals surface area contributed by atoms with Crippen molar-refractivity contribution in [3.63, 3.8) is 0 Å². The lowest BCUT2D eigenvalue weighted by Gasteiger charge is -2.22. The van der Waals surface area contributed by atoms with Crippen molar-refractivity contribution in [3.8, 4) is 0 Å². The molecule has 0 spiro atoms. The topological polar surface area (TPSA) is 115 Å². The van der Waals surface area contributed by atoms with Crippen molar-refractivity contribution < 1.29 is 28.9 Å². The molecule has 2 atom stereocenters. The number of benzene rings is 2. The summed E-state index contributed by atoms with van der Waals surface area (Å²) in [5, 5.41) is 8.14. The first-order chi connectivity index (χ1) is 17.6. The smallest absolute Gasteiger partial charge is 0.408 e. The van der Waals surface area contributed by atoms with Gasteiger partial charge in [-0.2, -0.15) is 0 Å². The van der Waals surface area contributed by atoms with E-state index in [1.54, 1.807) is 0 Å². The number of nitrogens with one attached hydrogen (secondary N) is 3. The Labute approximate surface area is 226 Å². The van der Waals surface area contributed by atoms with Crippen molar-refractivity contribution >= 4 is 17.9 Å². The number of carbonyl (C=O) groups is 3. The van der Waals surface area contributed by atoms with E-state index >= 15 is 0 Å². The van der Waals surface area contributed by atoms with Gasteiger partial charge >= 0.3 is 6.09 Å². The minimum atomic E-state index is -0.889. The van der Waals surface area contributed by atoms with Crippen LogP contribution in [0, 0.1) is 5.41 Å². The Hall–Kier alpha value is -3.43. The first-order valence-corrected chi connectivity index (χ1v) is 12.4. The normalized spacial score (nSPS) is 12.4. The molecule has 210 valence electrons. The highest BCUT2D eigenvalue weighted by Gasteiger charge is 2.23. The van der Waals surface area contributed by atoms with Crippen molar-refractivity contribution in [2.24, 2.45) is 5.41 Å². The number of hydrogen-bond donors (Lipinski definition) is 3. The van der Waals surface area contributed by atoms with Crippen molar-refractivity contribution in [3.05, 3.63) is 71.8 Å². The molecule has 0 saturated carbocycles. The molecule has 9 heteroatoms. The maximum absolute atomic E-state index is 12.7. The maximum atomic E-state index is 12.7. The van der Waals surface area contributed by atoms with Crippen LogP contribution in [-0.2, 0) is 37.3 Å². The van der Waals surface area contributed by atoms with E-state index in [4.69, 9.17) is 14.5 Å². The number of amides is 3. The molecule has 0 saturated heterocycles. The summed E-state index contributed by atoms with van der Waals surface area (Å²) >= 11 is 0. The van der Waals surface area contributed by atoms with E-state index in [1.165, 1.54) is 6.92 Å². The van der Waals surface area contributed by atoms with Crippen LogP contribution in [0.3, 0.4) is 0 Å². The Morgan fingerprint density at radius 3 is 2.00 bits per heavy atom. The van der Waals surface area contributed by atoms with Gasteiger partial charge in [-0.15, -0.1) is 0 Å². The zero-order valence-corrected chi connectivity index (χ0v) is 22.1. The first-order valence-electron chi connectivity index (χ1n) is 12.4. The third-order valence-electron chi connectivity index (χ3n) is 5.34. The Morgan fingerprint density at radius 1 is 0.842 bits per heavy atom. The minimum Gasteiger partial charge on any atom is -0.445 e. The van der Waals surface area contributed by atoms with Crippen LogP contribution in [0.15, 0.2) is 60.7 Å². The Kier molecular flexibility index (Phi) is 14.7. The van der Waals surface area contributed by atoms with Gasteiger partial charge in [-0.3, -0.25) is 9.59 Å². The number of alkyl carbamates (subject to hydrolysis) is 1. The number of rotatable bonds is 14. The SMILES string of the molecule is C.C[C@@H](NC(=O)OCc1ccccc1)C(=O)N[C@@H](COOCc1ccccc1)CC(=O)NCCC(C)(C)C. The average molecular weight is 530 g/mol. The molecule has 0 aliphatic heterocycles. The molecule has 9 nitrogen and oxygen atoms in total. The van der Waals surface area contributed by atoms with Gasteiger partial charge in [-0.1, -0.05) is 88.9 Å². The molecule has 2 aromatic carbocycles. The average Bonchev–Trinajstić information content (AvgIpc) is 2.85. The Morgan fingerprint density at radius 2 is 1.42 bits per heavy atom. The van der Waals surface area contributed by atoms with Crippen LogP contribution in [0.5, 0.6) is 0 Å². The fraction of sp³-hybridized carbons (Fsp3) is 0.483. The van der Waals surface area contributed by atoms with Crippen LogP contribution in [0.25, 0.3) is 0 Å². The van der Waals surface area contributed by atoms with Crippen LogP contribution in [0.2, 0.25) is 0 Å². The van der Waals surface area contributed by atoms with Crippen LogP contribution in [-0.4, -0.2) is 43.1 Å². The van der Waals surface area contributed by atoms with Crippen LogP contribution in [0.4, 0.5) is 4.79 Å². The molecular formula is C29H43N3O6. The van der Waals surface area contributed by atoms with E-state index in [2.05, 4.69) is 36.7 Å². The molecule has 0 aliphatic carbocycles. The second-order valence-corrected chi connectivity index (χ2v) is 10.0. The predicted molar refractivity (Wildman–Crippen MR) is 147 cm³/mol. The zero-order chi connectivity index (χ0) is 27.1. The van der Waals surface area contributed by atoms with Gasteiger partial charge in [-0.25, -0.2) is 14.6 Å². The highest BCUT2D eigenvalue weighted by Crippen LogP contribution is 2.17. The maximum Gasteiger partial charge on any atom is 0.408 e. The molecule has 0 heterocycles. The number of carbonyl (C=O) groups excluding carboxylic acids is 3. The van der Waals surface area contributed by atoms with Gasteiger partial charge in [0, 0.05) is 13.0 Å². The predicted octanol–water partition coefficient (Wildman–Crippen LogP) is 4.51. The molecule has 0 bridgehead atoms. The molecule has 0 unspecified atom stereocenters. The Bertz CT molecular complexity index is 963. The van der Waals surface area contributed by atoms with Gasteiger partial charge in [-0.05, 0) is 29.9 Å². The molecule has 3 amide bonds. The summed E-state index contributed by atoms with van der Waals surface area (Å²) in [6, 6.07) is 17.2. The fourth-order valence-corrected chi connectivity index (χ4v) is 3.17. The third kappa shape index (κ3) is 14.3. The van der Waals surface area contributed by atoms with E-state index in [0.29, 0.717) is 6.54 Å². The lowest BCUT2D eigenvalue weighted by molar-refractivity contribution is -0.306. The van der Waals surface area contributed by atoms with Gasteiger partial charge < -0.3 is 20.7 Å². The molecular weight excluding hydrogens is 486 g/mol. The van der Waals surface area contributed by atoms with E-state index in [-0.39, 0.29) is 45.0 Å². The molecule has 38 heavy (non-hydrogen) atoms. The molecule has 0 radical (unpaired) electrons. The lowest BCUT2D eigenvalue weighted by Crippen LogP contribution is -2.50. The standard InChI is InChI=1S/C28H39N3O6.CH4/c1-21(30-27(34)35-18-22-11-7-5-8-12-22)26(33)31-24(17-25(32)29-16-15-28(2,3)4)20-37-36-19-23-13-9-6-10-14-23;/h5-14,21,24H,15-20H2,1-4H3,(H,29,32)(H,30,34)(H,31,33);1H4/t21-,24-;/m1./s1. The highest BCUT2D eigenvalue weighted by atomic mass is 17.2. The van der Waals surface area contributed by atoms with E-state index in [0.717, 1.165) is 17.5 Å². The van der Waals surface area contributed by atoms with Crippen molar-refractivity contribution in [1.82, 2.24) is 16.0 Å². The first kappa shape index (κ1) is 32.6. The van der Waals surface area contributed by atoms with Gasteiger partial charge in [0.15, 0.2) is 0 Å². The molecule has 0 fully saturated rings. The Balaban J connectivity index is 0.00000722. The summed E-state index contributed by atoms with van der Waals surface area (Å²) in [4.78, 5) is 47.9. The van der Waals surface area contributed by atoms with Gasteiger partial charge in [0.1, 0.15) is 25.9 Å². The van der Waals surface area contributed by atoms with Gasteiger partial charge in [0.2, 0.25) is 11.8 Å². The zero-order valence-electron chi connectivity index (χ0n) is 22.1. The van der Waals surface area contributed by atoms with Crippen molar-refractivity contribution in [2.45, 2.75) is 73.3 Å². The van der Waals surface area contributed by atoms with Gasteiger partial charge in [0.05, 0.1) is 6.04 Å². The number of hydrogen-bond acceptors (Lipinski definition) is 6. The molecule has 2 rings (SSSR count). The summed E-state index contributed by atoms with van der Waals surface area (Å²) in [6.45, 7) is 8.62. The third-order valence-corrected chi connectivity index (χ3v) is 5.34. The van der Waals surface area contributed by atoms with Crippen LogP contribution >= 0.6 is 0 Å². The summed E-state index contributed by atoms with van der Waals surface area (Å²) in [5.74, 6) is -0.695. The number of ether oxygens (including phenoxy) is 1. The van der Waals surface area contributed by atoms with Crippen LogP contribution in [0.1, 0.15) is 59.1 Å². The summed E-state index contributed by atoms with van der Waals surface area (Å²) in [7, 11) is 0. The highest BCUT2D eigenvalue weighted by molar-refractivity contribution is 5.86. The summed E-state index contributed by atoms with van der Waals surface area (Å²) < 4.78 is 5.17. The van der Waals surface area contributed by atoms with Crippen LogP contribution < -0.4 is 16.0 Å². The molecule has 0 aliphatic rings. The summed E-state index contributed by atoms with van der Waals surface area (Å²) in [5.41, 5.74) is 1.85. The largest absolute Gasteiger partial charge is 0.445 e. The van der Waals surface area contributed by atoms with Crippen molar-refractivity contribution in [1.29, 1.82) is 0 Å². The minimum absolute atomic E-state index is 0. The lowest BCUT2D eigenvalue weighted by atomic mass is 9.92. The second-order valence-electron chi connectivity index (χ2n) is 10.0. The van der Waals surface area contributed by atoms with E-state index < -0.39 is 24.1 Å². The van der Waals surface area contributed by atoms with E-state index in [9.17, 15) is 14.4 Å². The monoisotopic (exact) mass is 529 g/mol. The van der Waals surface area contributed by atoms with E-state index in [1.807, 2.05) is 60.7 Å². The van der Waals surface area contributed by atoms with Crippen molar-refractivity contribution in [2.75, 3.05) is 13.2 Å². The molecule has 2 aromatic rings. The molecule has 0 aromatic heterocycles. The van der Waals surface area contributed by atoms with Gasteiger partial charge in [0.25, 0.3) is 0 Å². The fourth-order valence-electron chi connectivity index (χ4n) is 3.17. The second kappa shape index (κ2) is 17.1.